The number of alkyl halides is 3. The molecule has 1 aromatic carbocycles. The van der Waals surface area contributed by atoms with Crippen LogP contribution in [-0.4, -0.2) is 24.6 Å². The number of halogens is 3. The van der Waals surface area contributed by atoms with Crippen molar-refractivity contribution in [2.45, 2.75) is 12.7 Å². The minimum atomic E-state index is -4.78. The van der Waals surface area contributed by atoms with Gasteiger partial charge in [-0.15, -0.1) is 0 Å². The number of ketones is 1. The predicted molar refractivity (Wildman–Crippen MR) is 79.6 cm³/mol. The molecule has 0 atom stereocenters. The molecule has 2 rings (SSSR count). The highest BCUT2D eigenvalue weighted by Gasteiger charge is 2.34. The van der Waals surface area contributed by atoms with Gasteiger partial charge in [0.05, 0.1) is 26.3 Å². The molecular weight excluding hydrogens is 327 g/mol. The molecule has 8 heteroatoms. The van der Waals surface area contributed by atoms with Gasteiger partial charge >= 0.3 is 6.18 Å². The number of carbonyl (C=O) groups is 1. The van der Waals surface area contributed by atoms with Crippen LogP contribution in [0.2, 0.25) is 0 Å². The van der Waals surface area contributed by atoms with E-state index in [-0.39, 0.29) is 11.3 Å². The molecule has 5 nitrogen and oxygen atoms in total. The molecule has 128 valence electrons. The summed E-state index contributed by atoms with van der Waals surface area (Å²) in [6.07, 6.45) is -3.65. The second-order valence-corrected chi connectivity index (χ2v) is 4.84. The van der Waals surface area contributed by atoms with Gasteiger partial charge in [-0.3, -0.25) is 9.59 Å². The summed E-state index contributed by atoms with van der Waals surface area (Å²) in [6.45, 7) is -0.549. The second kappa shape index (κ2) is 6.77. The van der Waals surface area contributed by atoms with Gasteiger partial charge in [0.25, 0.3) is 5.56 Å². The molecule has 0 radical (unpaired) electrons. The number of Topliss-reactive ketones (excluding diaryl/α,β-unsaturated/α-hetero) is 1. The fraction of sp³-hybridized carbons (Fsp3) is 0.250. The first-order valence-electron chi connectivity index (χ1n) is 6.79. The molecule has 0 spiro atoms. The Morgan fingerprint density at radius 1 is 1.17 bits per heavy atom. The van der Waals surface area contributed by atoms with E-state index in [0.29, 0.717) is 16.4 Å². The Kier molecular flexibility index (Phi) is 4.96. The molecule has 0 bridgehead atoms. The maximum absolute atomic E-state index is 12.8. The number of aromatic nitrogens is 1. The Bertz CT molecular complexity index is 812. The van der Waals surface area contributed by atoms with E-state index in [1.807, 2.05) is 0 Å². The van der Waals surface area contributed by atoms with Gasteiger partial charge in [-0.05, 0) is 30.3 Å². The summed E-state index contributed by atoms with van der Waals surface area (Å²) in [5, 5.41) is 0. The molecule has 0 aliphatic rings. The van der Waals surface area contributed by atoms with Crippen LogP contribution in [0.1, 0.15) is 15.9 Å². The fourth-order valence-electron chi connectivity index (χ4n) is 2.15. The Morgan fingerprint density at radius 3 is 2.46 bits per heavy atom. The Labute approximate surface area is 135 Å². The minimum absolute atomic E-state index is 0.112. The van der Waals surface area contributed by atoms with Crippen molar-refractivity contribution >= 4 is 5.78 Å². The lowest BCUT2D eigenvalue weighted by Crippen LogP contribution is -2.30. The molecule has 0 amide bonds. The van der Waals surface area contributed by atoms with Crippen molar-refractivity contribution in [3.05, 3.63) is 58.0 Å². The molecule has 1 aromatic heterocycles. The quantitative estimate of drug-likeness (QED) is 0.785. The predicted octanol–water partition coefficient (Wildman–Crippen LogP) is 2.77. The van der Waals surface area contributed by atoms with Gasteiger partial charge in [0.15, 0.2) is 5.78 Å². The minimum Gasteiger partial charge on any atom is -0.497 e. The average Bonchev–Trinajstić information content (AvgIpc) is 2.54. The number of ether oxygens (including phenoxy) is 2. The lowest BCUT2D eigenvalue weighted by atomic mass is 10.1. The van der Waals surface area contributed by atoms with Crippen molar-refractivity contribution in [1.82, 2.24) is 4.57 Å². The van der Waals surface area contributed by atoms with Crippen LogP contribution in [-0.2, 0) is 12.7 Å². The van der Waals surface area contributed by atoms with E-state index in [9.17, 15) is 22.8 Å². The van der Waals surface area contributed by atoms with E-state index in [2.05, 4.69) is 0 Å². The van der Waals surface area contributed by atoms with Gasteiger partial charge in [0.1, 0.15) is 17.1 Å². The summed E-state index contributed by atoms with van der Waals surface area (Å²) in [6, 6.07) is 6.22. The van der Waals surface area contributed by atoms with Gasteiger partial charge < -0.3 is 14.0 Å². The maximum atomic E-state index is 12.8. The lowest BCUT2D eigenvalue weighted by molar-refractivity contribution is -0.138. The lowest BCUT2D eigenvalue weighted by Gasteiger charge is -2.12. The summed E-state index contributed by atoms with van der Waals surface area (Å²) in [7, 11) is 2.77. The topological polar surface area (TPSA) is 57.5 Å². The molecule has 0 saturated carbocycles. The first kappa shape index (κ1) is 17.6. The molecule has 0 unspecified atom stereocenters. The summed E-state index contributed by atoms with van der Waals surface area (Å²) in [5.41, 5.74) is -2.49. The fourth-order valence-corrected chi connectivity index (χ4v) is 2.15. The SMILES string of the molecule is COc1ccc(OC)c(C(=O)Cn2cccc(C(F)(F)F)c2=O)c1. The van der Waals surface area contributed by atoms with Crippen LogP contribution in [0.3, 0.4) is 0 Å². The van der Waals surface area contributed by atoms with Crippen LogP contribution in [0.15, 0.2) is 41.3 Å². The van der Waals surface area contributed by atoms with Crippen molar-refractivity contribution in [2.24, 2.45) is 0 Å². The third-order valence-corrected chi connectivity index (χ3v) is 3.35. The molecule has 0 saturated heterocycles. The number of benzene rings is 1. The van der Waals surface area contributed by atoms with E-state index in [4.69, 9.17) is 9.47 Å². The Morgan fingerprint density at radius 2 is 1.88 bits per heavy atom. The van der Waals surface area contributed by atoms with Crippen molar-refractivity contribution in [3.8, 4) is 11.5 Å². The average molecular weight is 341 g/mol. The highest BCUT2D eigenvalue weighted by molar-refractivity contribution is 5.99. The third kappa shape index (κ3) is 3.58. The number of nitrogens with zero attached hydrogens (tertiary/aromatic N) is 1. The third-order valence-electron chi connectivity index (χ3n) is 3.35. The normalized spacial score (nSPS) is 11.2. The smallest absolute Gasteiger partial charge is 0.421 e. The number of carbonyl (C=O) groups excluding carboxylic acids is 1. The summed E-state index contributed by atoms with van der Waals surface area (Å²) in [4.78, 5) is 24.3. The van der Waals surface area contributed by atoms with E-state index in [1.54, 1.807) is 6.07 Å². The van der Waals surface area contributed by atoms with E-state index in [0.717, 1.165) is 12.3 Å². The van der Waals surface area contributed by atoms with Crippen molar-refractivity contribution in [1.29, 1.82) is 0 Å². The molecule has 0 aliphatic heterocycles. The molecule has 2 aromatic rings. The number of pyridine rings is 1. The first-order chi connectivity index (χ1) is 11.3. The second-order valence-electron chi connectivity index (χ2n) is 4.84. The Balaban J connectivity index is 2.39. The molecular formula is C16H14F3NO4. The monoisotopic (exact) mass is 341 g/mol. The first-order valence-corrected chi connectivity index (χ1v) is 6.79. The zero-order valence-corrected chi connectivity index (χ0v) is 12.9. The van der Waals surface area contributed by atoms with Gasteiger partial charge in [0, 0.05) is 6.20 Å². The number of rotatable bonds is 5. The van der Waals surface area contributed by atoms with Crippen LogP contribution in [0, 0.1) is 0 Å². The highest BCUT2D eigenvalue weighted by atomic mass is 19.4. The van der Waals surface area contributed by atoms with Gasteiger partial charge in [0.2, 0.25) is 0 Å². The summed E-state index contributed by atoms with van der Waals surface area (Å²) < 4.78 is 49.1. The molecule has 1 heterocycles. The number of hydrogen-bond donors (Lipinski definition) is 0. The molecule has 24 heavy (non-hydrogen) atoms. The van der Waals surface area contributed by atoms with E-state index in [1.165, 1.54) is 26.4 Å². The molecule has 0 N–H and O–H groups in total. The van der Waals surface area contributed by atoms with Crippen LogP contribution in [0.5, 0.6) is 11.5 Å². The van der Waals surface area contributed by atoms with Gasteiger partial charge in [-0.2, -0.15) is 13.2 Å². The highest BCUT2D eigenvalue weighted by Crippen LogP contribution is 2.27. The zero-order chi connectivity index (χ0) is 17.9. The van der Waals surface area contributed by atoms with E-state index >= 15 is 0 Å². The largest absolute Gasteiger partial charge is 0.497 e. The van der Waals surface area contributed by atoms with Crippen LogP contribution < -0.4 is 15.0 Å². The summed E-state index contributed by atoms with van der Waals surface area (Å²) in [5.74, 6) is 0.0449. The zero-order valence-electron chi connectivity index (χ0n) is 12.9. The summed E-state index contributed by atoms with van der Waals surface area (Å²) >= 11 is 0. The van der Waals surface area contributed by atoms with Crippen LogP contribution in [0.25, 0.3) is 0 Å². The van der Waals surface area contributed by atoms with Crippen LogP contribution in [0.4, 0.5) is 13.2 Å². The number of methoxy groups -OCH3 is 2. The molecule has 0 fully saturated rings. The maximum Gasteiger partial charge on any atom is 0.421 e. The molecule has 0 aliphatic carbocycles. The van der Waals surface area contributed by atoms with Crippen LogP contribution >= 0.6 is 0 Å². The van der Waals surface area contributed by atoms with Crippen molar-refractivity contribution in [2.75, 3.05) is 14.2 Å². The van der Waals surface area contributed by atoms with Gasteiger partial charge in [-0.25, -0.2) is 0 Å². The van der Waals surface area contributed by atoms with E-state index < -0.39 is 29.6 Å². The van der Waals surface area contributed by atoms with Crippen molar-refractivity contribution < 1.29 is 27.4 Å². The van der Waals surface area contributed by atoms with Crippen molar-refractivity contribution in [3.63, 3.8) is 0 Å². The standard InChI is InChI=1S/C16H14F3NO4/c1-23-10-5-6-14(24-2)11(8-10)13(21)9-20-7-3-4-12(15(20)22)16(17,18)19/h3-8H,9H2,1-2H3. The number of hydrogen-bond acceptors (Lipinski definition) is 4. The Hall–Kier alpha value is -2.77. The van der Waals surface area contributed by atoms with Gasteiger partial charge in [-0.1, -0.05) is 0 Å².